The van der Waals surface area contributed by atoms with Gasteiger partial charge in [-0.1, -0.05) is 48.5 Å². The number of hydrogen-bond donors (Lipinski definition) is 0. The Labute approximate surface area is 169 Å². The number of nitriles is 1. The molecule has 0 saturated carbocycles. The standard InChI is InChI=1S/C24H20N2O3/c1-3-28-15-26-24-21(14-25)22(17-8-11-18(27-2)12-9-17)20-13-10-16-6-4-5-7-19(16)23(20)29-24/h4-13,15,22H,3H2,1-2H3/b26-15-. The monoisotopic (exact) mass is 384 g/mol. The van der Waals surface area contributed by atoms with Gasteiger partial charge in [0, 0.05) is 10.9 Å². The summed E-state index contributed by atoms with van der Waals surface area (Å²) in [6.07, 6.45) is 1.33. The van der Waals surface area contributed by atoms with Crippen LogP contribution in [0.25, 0.3) is 10.8 Å². The summed E-state index contributed by atoms with van der Waals surface area (Å²) in [6, 6.07) is 22.1. The molecule has 4 rings (SSSR count). The third-order valence-electron chi connectivity index (χ3n) is 4.92. The molecule has 3 aromatic carbocycles. The highest BCUT2D eigenvalue weighted by molar-refractivity contribution is 5.91. The van der Waals surface area contributed by atoms with Gasteiger partial charge in [-0.05, 0) is 30.0 Å². The molecule has 0 radical (unpaired) electrons. The fourth-order valence-corrected chi connectivity index (χ4v) is 3.54. The van der Waals surface area contributed by atoms with Crippen LogP contribution in [0.4, 0.5) is 0 Å². The molecule has 0 N–H and O–H groups in total. The third kappa shape index (κ3) is 3.41. The van der Waals surface area contributed by atoms with Crippen LogP contribution in [0.1, 0.15) is 24.0 Å². The van der Waals surface area contributed by atoms with Crippen molar-refractivity contribution >= 4 is 17.2 Å². The molecule has 3 aromatic rings. The molecule has 1 heterocycles. The van der Waals surface area contributed by atoms with Crippen LogP contribution in [0.5, 0.6) is 11.5 Å². The topological polar surface area (TPSA) is 63.8 Å². The van der Waals surface area contributed by atoms with Gasteiger partial charge in [-0.3, -0.25) is 0 Å². The molecule has 1 unspecified atom stereocenters. The van der Waals surface area contributed by atoms with Crippen molar-refractivity contribution in [1.82, 2.24) is 0 Å². The SMILES string of the molecule is CCO/C=N\C1=C(C#N)C(c2ccc(OC)cc2)c2ccc3ccccc3c2O1. The molecule has 0 aromatic heterocycles. The van der Waals surface area contributed by atoms with Crippen LogP contribution < -0.4 is 9.47 Å². The van der Waals surface area contributed by atoms with Gasteiger partial charge < -0.3 is 14.2 Å². The molecule has 0 amide bonds. The lowest BCUT2D eigenvalue weighted by Gasteiger charge is -2.27. The Kier molecular flexibility index (Phi) is 5.17. The van der Waals surface area contributed by atoms with Crippen molar-refractivity contribution in [3.8, 4) is 17.6 Å². The first-order valence-corrected chi connectivity index (χ1v) is 9.38. The molecule has 5 heteroatoms. The molecule has 0 spiro atoms. The summed E-state index contributed by atoms with van der Waals surface area (Å²) >= 11 is 0. The normalized spacial score (nSPS) is 15.7. The summed E-state index contributed by atoms with van der Waals surface area (Å²) in [5, 5.41) is 12.0. The summed E-state index contributed by atoms with van der Waals surface area (Å²) in [4.78, 5) is 4.30. The van der Waals surface area contributed by atoms with Crippen molar-refractivity contribution in [3.63, 3.8) is 0 Å². The van der Waals surface area contributed by atoms with Gasteiger partial charge in [0.1, 0.15) is 23.1 Å². The quantitative estimate of drug-likeness (QED) is 0.449. The van der Waals surface area contributed by atoms with Crippen LogP contribution in [-0.4, -0.2) is 20.1 Å². The van der Waals surface area contributed by atoms with Gasteiger partial charge in [0.2, 0.25) is 5.88 Å². The zero-order valence-corrected chi connectivity index (χ0v) is 16.3. The lowest BCUT2D eigenvalue weighted by molar-refractivity contribution is 0.336. The van der Waals surface area contributed by atoms with Crippen LogP contribution in [-0.2, 0) is 4.74 Å². The number of hydrogen-bond acceptors (Lipinski definition) is 5. The van der Waals surface area contributed by atoms with E-state index in [1.54, 1.807) is 7.11 Å². The highest BCUT2D eigenvalue weighted by atomic mass is 16.5. The lowest BCUT2D eigenvalue weighted by atomic mass is 9.82. The van der Waals surface area contributed by atoms with Crippen molar-refractivity contribution in [2.75, 3.05) is 13.7 Å². The first-order valence-electron chi connectivity index (χ1n) is 9.38. The van der Waals surface area contributed by atoms with Gasteiger partial charge >= 0.3 is 0 Å². The van der Waals surface area contributed by atoms with Crippen molar-refractivity contribution in [3.05, 3.63) is 83.2 Å². The van der Waals surface area contributed by atoms with E-state index in [1.807, 2.05) is 61.5 Å². The Morgan fingerprint density at radius 3 is 2.62 bits per heavy atom. The molecule has 1 aliphatic heterocycles. The molecule has 0 bridgehead atoms. The number of fused-ring (bicyclic) bond motifs is 3. The second-order valence-electron chi connectivity index (χ2n) is 6.53. The van der Waals surface area contributed by atoms with E-state index in [4.69, 9.17) is 14.2 Å². The number of nitrogens with zero attached hydrogens (tertiary/aromatic N) is 2. The first kappa shape index (κ1) is 18.6. The summed E-state index contributed by atoms with van der Waals surface area (Å²) in [5.41, 5.74) is 2.33. The van der Waals surface area contributed by atoms with Crippen molar-refractivity contribution in [2.45, 2.75) is 12.8 Å². The molecular formula is C24H20N2O3. The average Bonchev–Trinajstić information content (AvgIpc) is 2.78. The molecule has 0 aliphatic carbocycles. The maximum absolute atomic E-state index is 9.96. The van der Waals surface area contributed by atoms with Crippen LogP contribution >= 0.6 is 0 Å². The number of methoxy groups -OCH3 is 1. The van der Waals surface area contributed by atoms with E-state index in [0.717, 1.165) is 27.6 Å². The number of rotatable bonds is 5. The lowest BCUT2D eigenvalue weighted by Crippen LogP contribution is -2.16. The fourth-order valence-electron chi connectivity index (χ4n) is 3.54. The summed E-state index contributed by atoms with van der Waals surface area (Å²) in [7, 11) is 1.63. The maximum atomic E-state index is 9.96. The van der Waals surface area contributed by atoms with Gasteiger partial charge in [0.05, 0.1) is 19.6 Å². The van der Waals surface area contributed by atoms with E-state index < -0.39 is 0 Å². The van der Waals surface area contributed by atoms with Gasteiger partial charge in [0.15, 0.2) is 6.40 Å². The maximum Gasteiger partial charge on any atom is 0.236 e. The number of ether oxygens (including phenoxy) is 3. The Morgan fingerprint density at radius 2 is 1.90 bits per heavy atom. The first-order chi connectivity index (χ1) is 14.3. The Bertz CT molecular complexity index is 1140. The molecular weight excluding hydrogens is 364 g/mol. The zero-order chi connectivity index (χ0) is 20.2. The number of benzene rings is 3. The number of allylic oxidation sites excluding steroid dienone is 1. The van der Waals surface area contributed by atoms with Crippen LogP contribution in [0.15, 0.2) is 77.1 Å². The zero-order valence-electron chi connectivity index (χ0n) is 16.3. The van der Waals surface area contributed by atoms with Gasteiger partial charge in [0.25, 0.3) is 0 Å². The van der Waals surface area contributed by atoms with Gasteiger partial charge in [-0.15, -0.1) is 0 Å². The Hall–Kier alpha value is -3.78. The second kappa shape index (κ2) is 8.07. The van der Waals surface area contributed by atoms with E-state index in [0.29, 0.717) is 17.9 Å². The van der Waals surface area contributed by atoms with Crippen LogP contribution in [0.3, 0.4) is 0 Å². The summed E-state index contributed by atoms with van der Waals surface area (Å²) in [6.45, 7) is 2.36. The largest absolute Gasteiger partial charge is 0.497 e. The molecule has 1 aliphatic rings. The van der Waals surface area contributed by atoms with Gasteiger partial charge in [-0.25, -0.2) is 0 Å². The summed E-state index contributed by atoms with van der Waals surface area (Å²) < 4.78 is 16.7. The Balaban J connectivity index is 1.94. The van der Waals surface area contributed by atoms with E-state index in [-0.39, 0.29) is 11.8 Å². The smallest absolute Gasteiger partial charge is 0.236 e. The van der Waals surface area contributed by atoms with Crippen LogP contribution in [0, 0.1) is 11.3 Å². The molecule has 0 saturated heterocycles. The average molecular weight is 384 g/mol. The van der Waals surface area contributed by atoms with E-state index in [9.17, 15) is 5.26 Å². The summed E-state index contributed by atoms with van der Waals surface area (Å²) in [5.74, 6) is 1.43. The van der Waals surface area contributed by atoms with Crippen molar-refractivity contribution < 1.29 is 14.2 Å². The van der Waals surface area contributed by atoms with E-state index in [1.165, 1.54) is 6.40 Å². The predicted octanol–water partition coefficient (Wildman–Crippen LogP) is 5.17. The second-order valence-corrected chi connectivity index (χ2v) is 6.53. The minimum atomic E-state index is -0.298. The van der Waals surface area contributed by atoms with Crippen molar-refractivity contribution in [1.29, 1.82) is 5.26 Å². The fraction of sp³-hybridized carbons (Fsp3) is 0.167. The third-order valence-corrected chi connectivity index (χ3v) is 4.92. The molecule has 0 fully saturated rings. The predicted molar refractivity (Wildman–Crippen MR) is 112 cm³/mol. The highest BCUT2D eigenvalue weighted by Crippen LogP contribution is 2.46. The molecule has 1 atom stereocenters. The van der Waals surface area contributed by atoms with E-state index >= 15 is 0 Å². The van der Waals surface area contributed by atoms with Crippen molar-refractivity contribution in [2.24, 2.45) is 4.99 Å². The molecule has 144 valence electrons. The highest BCUT2D eigenvalue weighted by Gasteiger charge is 2.32. The van der Waals surface area contributed by atoms with Crippen LogP contribution in [0.2, 0.25) is 0 Å². The minimum absolute atomic E-state index is 0.255. The number of aliphatic imine (C=N–C) groups is 1. The molecule has 5 nitrogen and oxygen atoms in total. The molecule has 29 heavy (non-hydrogen) atoms. The van der Waals surface area contributed by atoms with E-state index in [2.05, 4.69) is 17.1 Å². The minimum Gasteiger partial charge on any atom is -0.497 e. The van der Waals surface area contributed by atoms with Gasteiger partial charge in [-0.2, -0.15) is 10.3 Å². The Morgan fingerprint density at radius 1 is 1.10 bits per heavy atom.